The van der Waals surface area contributed by atoms with Crippen LogP contribution in [0.2, 0.25) is 0 Å². The van der Waals surface area contributed by atoms with Gasteiger partial charge in [0.15, 0.2) is 0 Å². The third kappa shape index (κ3) is 4.07. The van der Waals surface area contributed by atoms with Crippen LogP contribution in [0.1, 0.15) is 6.42 Å². The Morgan fingerprint density at radius 3 is 2.32 bits per heavy atom. The molecule has 2 saturated heterocycles. The molecule has 0 aliphatic carbocycles. The Kier molecular flexibility index (Phi) is 4.98. The molecule has 0 unspecified atom stereocenters. The second kappa shape index (κ2) is 6.72. The molecule has 2 aliphatic heterocycles. The molecule has 0 aromatic heterocycles. The average Bonchev–Trinajstić information content (AvgIpc) is 2.64. The van der Waals surface area contributed by atoms with Gasteiger partial charge in [-0.25, -0.2) is 4.79 Å². The molecule has 0 spiro atoms. The third-order valence-corrected chi connectivity index (χ3v) is 3.50. The lowest BCUT2D eigenvalue weighted by molar-refractivity contribution is -0.138. The van der Waals surface area contributed by atoms with Gasteiger partial charge < -0.3 is 19.6 Å². The molecular weight excluding hydrogens is 250 g/mol. The molecule has 0 saturated carbocycles. The van der Waals surface area contributed by atoms with Gasteiger partial charge in [-0.05, 0) is 6.42 Å². The quantitative estimate of drug-likeness (QED) is 0.735. The highest BCUT2D eigenvalue weighted by Gasteiger charge is 2.25. The number of carbonyl (C=O) groups is 2. The minimum atomic E-state index is -0.812. The lowest BCUT2D eigenvalue weighted by Gasteiger charge is -2.32. The number of rotatable bonds is 2. The molecular formula is C12H21N3O4. The summed E-state index contributed by atoms with van der Waals surface area (Å²) in [7, 11) is 0. The van der Waals surface area contributed by atoms with E-state index in [1.54, 1.807) is 0 Å². The van der Waals surface area contributed by atoms with Crippen molar-refractivity contribution in [2.75, 3.05) is 59.0 Å². The standard InChI is InChI=1S/C12H21N3O4/c16-11(17)10-13-2-1-3-14(5-4-13)12(18)15-6-8-19-9-7-15/h1-10H2,(H,16,17). The van der Waals surface area contributed by atoms with Crippen LogP contribution in [0.25, 0.3) is 0 Å². The van der Waals surface area contributed by atoms with Gasteiger partial charge in [-0.2, -0.15) is 0 Å². The van der Waals surface area contributed by atoms with Crippen LogP contribution in [0.4, 0.5) is 4.79 Å². The number of hydrogen-bond acceptors (Lipinski definition) is 4. The maximum atomic E-state index is 12.3. The van der Waals surface area contributed by atoms with E-state index in [0.717, 1.165) is 13.0 Å². The van der Waals surface area contributed by atoms with E-state index in [2.05, 4.69) is 0 Å². The van der Waals surface area contributed by atoms with E-state index in [1.165, 1.54) is 0 Å². The number of hydrogen-bond donors (Lipinski definition) is 1. The van der Waals surface area contributed by atoms with Crippen molar-refractivity contribution in [1.82, 2.24) is 14.7 Å². The summed E-state index contributed by atoms with van der Waals surface area (Å²) in [4.78, 5) is 28.5. The number of carboxylic acids is 1. The topological polar surface area (TPSA) is 73.3 Å². The van der Waals surface area contributed by atoms with Crippen molar-refractivity contribution >= 4 is 12.0 Å². The van der Waals surface area contributed by atoms with Crippen molar-refractivity contribution in [2.45, 2.75) is 6.42 Å². The van der Waals surface area contributed by atoms with Crippen LogP contribution in [0, 0.1) is 0 Å². The Balaban J connectivity index is 1.84. The van der Waals surface area contributed by atoms with Crippen molar-refractivity contribution in [3.05, 3.63) is 0 Å². The van der Waals surface area contributed by atoms with Crippen molar-refractivity contribution in [3.8, 4) is 0 Å². The highest BCUT2D eigenvalue weighted by molar-refractivity contribution is 5.74. The van der Waals surface area contributed by atoms with Gasteiger partial charge in [-0.3, -0.25) is 9.69 Å². The summed E-state index contributed by atoms with van der Waals surface area (Å²) in [5.41, 5.74) is 0. The minimum absolute atomic E-state index is 0.0551. The molecule has 1 N–H and O–H groups in total. The Hall–Kier alpha value is -1.34. The number of nitrogens with zero attached hydrogens (tertiary/aromatic N) is 3. The van der Waals surface area contributed by atoms with Gasteiger partial charge >= 0.3 is 12.0 Å². The summed E-state index contributed by atoms with van der Waals surface area (Å²) in [5, 5.41) is 8.79. The van der Waals surface area contributed by atoms with Crippen LogP contribution in [-0.4, -0.2) is 90.8 Å². The molecule has 2 amide bonds. The van der Waals surface area contributed by atoms with Crippen molar-refractivity contribution in [3.63, 3.8) is 0 Å². The van der Waals surface area contributed by atoms with Crippen LogP contribution >= 0.6 is 0 Å². The van der Waals surface area contributed by atoms with Crippen LogP contribution in [0.15, 0.2) is 0 Å². The van der Waals surface area contributed by atoms with E-state index in [1.807, 2.05) is 14.7 Å². The van der Waals surface area contributed by atoms with Crippen LogP contribution in [0.5, 0.6) is 0 Å². The van der Waals surface area contributed by atoms with Gasteiger partial charge in [0.25, 0.3) is 0 Å². The van der Waals surface area contributed by atoms with Gasteiger partial charge in [0, 0.05) is 39.3 Å². The SMILES string of the molecule is O=C(O)CN1CCCN(C(=O)N2CCOCC2)CC1. The molecule has 7 heteroatoms. The molecule has 2 fully saturated rings. The zero-order valence-corrected chi connectivity index (χ0v) is 11.1. The summed E-state index contributed by atoms with van der Waals surface area (Å²) >= 11 is 0. The van der Waals surface area contributed by atoms with Gasteiger partial charge in [-0.1, -0.05) is 0 Å². The van der Waals surface area contributed by atoms with E-state index >= 15 is 0 Å². The zero-order valence-electron chi connectivity index (χ0n) is 11.1. The van der Waals surface area contributed by atoms with Crippen molar-refractivity contribution in [2.24, 2.45) is 0 Å². The highest BCUT2D eigenvalue weighted by Crippen LogP contribution is 2.08. The molecule has 0 aromatic rings. The number of ether oxygens (including phenoxy) is 1. The number of aliphatic carboxylic acids is 1. The average molecular weight is 271 g/mol. The number of carboxylic acid groups (broad SMARTS) is 1. The van der Waals surface area contributed by atoms with Crippen molar-refractivity contribution < 1.29 is 19.4 Å². The fourth-order valence-electron chi connectivity index (χ4n) is 2.47. The fourth-order valence-corrected chi connectivity index (χ4v) is 2.47. The van der Waals surface area contributed by atoms with E-state index < -0.39 is 5.97 Å². The second-order valence-electron chi connectivity index (χ2n) is 4.89. The molecule has 2 aliphatic rings. The third-order valence-electron chi connectivity index (χ3n) is 3.50. The summed E-state index contributed by atoms with van der Waals surface area (Å²) in [6.45, 7) is 5.22. The molecule has 0 radical (unpaired) electrons. The number of carbonyl (C=O) groups excluding carboxylic acids is 1. The Bertz CT molecular complexity index is 331. The molecule has 7 nitrogen and oxygen atoms in total. The maximum absolute atomic E-state index is 12.3. The zero-order chi connectivity index (χ0) is 13.7. The van der Waals surface area contributed by atoms with Gasteiger partial charge in [0.2, 0.25) is 0 Å². The first-order valence-corrected chi connectivity index (χ1v) is 6.72. The summed E-state index contributed by atoms with van der Waals surface area (Å²) in [6.07, 6.45) is 0.823. The van der Waals surface area contributed by atoms with Crippen LogP contribution in [0.3, 0.4) is 0 Å². The lowest BCUT2D eigenvalue weighted by Crippen LogP contribution is -2.49. The van der Waals surface area contributed by atoms with Crippen LogP contribution in [-0.2, 0) is 9.53 Å². The lowest BCUT2D eigenvalue weighted by atomic mass is 10.3. The molecule has 0 bridgehead atoms. The van der Waals surface area contributed by atoms with E-state index in [9.17, 15) is 9.59 Å². The number of urea groups is 1. The Morgan fingerprint density at radius 1 is 0.947 bits per heavy atom. The summed E-state index contributed by atoms with van der Waals surface area (Å²) in [6, 6.07) is 0.0560. The van der Waals surface area contributed by atoms with Gasteiger partial charge in [0.1, 0.15) is 0 Å². The van der Waals surface area contributed by atoms with Gasteiger partial charge in [-0.15, -0.1) is 0 Å². The maximum Gasteiger partial charge on any atom is 0.320 e. The minimum Gasteiger partial charge on any atom is -0.480 e. The largest absolute Gasteiger partial charge is 0.480 e. The Morgan fingerprint density at radius 2 is 1.63 bits per heavy atom. The molecule has 2 rings (SSSR count). The molecule has 0 aromatic carbocycles. The van der Waals surface area contributed by atoms with Gasteiger partial charge in [0.05, 0.1) is 19.8 Å². The summed E-state index contributed by atoms with van der Waals surface area (Å²) in [5.74, 6) is -0.812. The van der Waals surface area contributed by atoms with Crippen LogP contribution < -0.4 is 0 Å². The monoisotopic (exact) mass is 271 g/mol. The predicted molar refractivity (Wildman–Crippen MR) is 68.1 cm³/mol. The highest BCUT2D eigenvalue weighted by atomic mass is 16.5. The molecule has 0 atom stereocenters. The van der Waals surface area contributed by atoms with E-state index in [0.29, 0.717) is 45.9 Å². The molecule has 2 heterocycles. The van der Waals surface area contributed by atoms with E-state index in [-0.39, 0.29) is 12.6 Å². The first-order valence-electron chi connectivity index (χ1n) is 6.72. The summed E-state index contributed by atoms with van der Waals surface area (Å²) < 4.78 is 5.24. The molecule has 108 valence electrons. The number of morpholine rings is 1. The second-order valence-corrected chi connectivity index (χ2v) is 4.89. The smallest absolute Gasteiger partial charge is 0.320 e. The first-order chi connectivity index (χ1) is 9.16. The normalized spacial score (nSPS) is 22.1. The molecule has 19 heavy (non-hydrogen) atoms. The van der Waals surface area contributed by atoms with Crippen molar-refractivity contribution in [1.29, 1.82) is 0 Å². The van der Waals surface area contributed by atoms with E-state index in [4.69, 9.17) is 9.84 Å². The Labute approximate surface area is 112 Å². The number of amides is 2. The first kappa shape index (κ1) is 14.1. The fraction of sp³-hybridized carbons (Fsp3) is 0.833. The predicted octanol–water partition coefficient (Wildman–Crippen LogP) is -0.469.